The van der Waals surface area contributed by atoms with Crippen LogP contribution in [-0.2, 0) is 4.79 Å². The van der Waals surface area contributed by atoms with Crippen LogP contribution >= 0.6 is 0 Å². The molecule has 1 amide bonds. The minimum Gasteiger partial charge on any atom is -0.481 e. The van der Waals surface area contributed by atoms with Gasteiger partial charge in [0, 0.05) is 18.3 Å². The van der Waals surface area contributed by atoms with E-state index in [1.165, 1.54) is 0 Å². The maximum Gasteiger partial charge on any atom is 0.305 e. The third kappa shape index (κ3) is 3.46. The second kappa shape index (κ2) is 6.36. The smallest absolute Gasteiger partial charge is 0.305 e. The molecule has 0 saturated heterocycles. The highest BCUT2D eigenvalue weighted by Crippen LogP contribution is 2.24. The van der Waals surface area contributed by atoms with Crippen molar-refractivity contribution in [1.29, 1.82) is 0 Å². The Hall–Kier alpha value is -2.11. The summed E-state index contributed by atoms with van der Waals surface area (Å²) in [7, 11) is 0. The van der Waals surface area contributed by atoms with Gasteiger partial charge in [0.1, 0.15) is 5.82 Å². The van der Waals surface area contributed by atoms with E-state index in [-0.39, 0.29) is 12.5 Å². The predicted molar refractivity (Wildman–Crippen MR) is 77.0 cm³/mol. The van der Waals surface area contributed by atoms with Gasteiger partial charge in [0.15, 0.2) is 0 Å². The normalized spacial score (nSPS) is 12.0. The summed E-state index contributed by atoms with van der Waals surface area (Å²) in [6.45, 7) is 7.86. The fourth-order valence-corrected chi connectivity index (χ4v) is 2.36. The molecule has 1 unspecified atom stereocenters. The minimum atomic E-state index is -0.888. The summed E-state index contributed by atoms with van der Waals surface area (Å²) in [5.41, 5.74) is 7.31. The van der Waals surface area contributed by atoms with Crippen molar-refractivity contribution >= 4 is 17.7 Å². The van der Waals surface area contributed by atoms with Crippen molar-refractivity contribution in [1.82, 2.24) is 4.98 Å². The summed E-state index contributed by atoms with van der Waals surface area (Å²) >= 11 is 0. The largest absolute Gasteiger partial charge is 0.481 e. The Bertz CT molecular complexity index is 529. The number of nitrogens with two attached hydrogens (primary N) is 1. The number of primary amides is 1. The standard InChI is InChI=1S/C14H21N3O3/c1-5-17(10(4)7-11(18)19)14-12(13(15)20)8(2)6-9(3)16-14/h6,10H,5,7H2,1-4H3,(H2,15,20)(H,18,19). The first-order chi connectivity index (χ1) is 9.27. The molecule has 3 N–H and O–H groups in total. The van der Waals surface area contributed by atoms with Gasteiger partial charge in [-0.3, -0.25) is 9.59 Å². The van der Waals surface area contributed by atoms with Crippen molar-refractivity contribution in [2.75, 3.05) is 11.4 Å². The van der Waals surface area contributed by atoms with Gasteiger partial charge < -0.3 is 15.7 Å². The first-order valence-electron chi connectivity index (χ1n) is 6.54. The Morgan fingerprint density at radius 3 is 2.50 bits per heavy atom. The summed E-state index contributed by atoms with van der Waals surface area (Å²) in [6, 6.07) is 1.52. The molecule has 1 aromatic rings. The molecule has 110 valence electrons. The van der Waals surface area contributed by atoms with Crippen LogP contribution in [0.25, 0.3) is 0 Å². The average molecular weight is 279 g/mol. The molecule has 1 heterocycles. The molecule has 20 heavy (non-hydrogen) atoms. The van der Waals surface area contributed by atoms with Gasteiger partial charge in [-0.15, -0.1) is 0 Å². The maximum absolute atomic E-state index is 11.7. The minimum absolute atomic E-state index is 0.0271. The number of aryl methyl sites for hydroxylation is 2. The Labute approximate surface area is 118 Å². The number of anilines is 1. The molecule has 0 aliphatic carbocycles. The third-order valence-electron chi connectivity index (χ3n) is 3.19. The van der Waals surface area contributed by atoms with Crippen LogP contribution in [0.2, 0.25) is 0 Å². The molecule has 0 aliphatic rings. The monoisotopic (exact) mass is 279 g/mol. The van der Waals surface area contributed by atoms with E-state index >= 15 is 0 Å². The highest BCUT2D eigenvalue weighted by molar-refractivity contribution is 5.99. The van der Waals surface area contributed by atoms with Crippen molar-refractivity contribution in [3.63, 3.8) is 0 Å². The number of amides is 1. The maximum atomic E-state index is 11.7. The van der Waals surface area contributed by atoms with Crippen LogP contribution in [0, 0.1) is 13.8 Å². The molecule has 1 atom stereocenters. The number of carboxylic acids is 1. The SMILES string of the molecule is CCN(c1nc(C)cc(C)c1C(N)=O)C(C)CC(=O)O. The lowest BCUT2D eigenvalue weighted by atomic mass is 10.1. The van der Waals surface area contributed by atoms with Crippen molar-refractivity contribution in [2.45, 2.75) is 40.2 Å². The van der Waals surface area contributed by atoms with Crippen LogP contribution in [0.15, 0.2) is 6.07 Å². The van der Waals surface area contributed by atoms with E-state index in [9.17, 15) is 9.59 Å². The van der Waals surface area contributed by atoms with E-state index in [1.54, 1.807) is 24.8 Å². The second-order valence-electron chi connectivity index (χ2n) is 4.88. The Balaban J connectivity index is 3.33. The van der Waals surface area contributed by atoms with E-state index < -0.39 is 11.9 Å². The quantitative estimate of drug-likeness (QED) is 0.822. The first kappa shape index (κ1) is 15.9. The fraction of sp³-hybridized carbons (Fsp3) is 0.500. The predicted octanol–water partition coefficient (Wildman–Crippen LogP) is 1.49. The van der Waals surface area contributed by atoms with E-state index in [2.05, 4.69) is 4.98 Å². The van der Waals surface area contributed by atoms with Crippen LogP contribution in [0.5, 0.6) is 0 Å². The fourth-order valence-electron chi connectivity index (χ4n) is 2.36. The Morgan fingerprint density at radius 2 is 2.05 bits per heavy atom. The molecular weight excluding hydrogens is 258 g/mol. The number of rotatable bonds is 6. The number of hydrogen-bond donors (Lipinski definition) is 2. The number of aliphatic carboxylic acids is 1. The molecule has 0 saturated carbocycles. The van der Waals surface area contributed by atoms with E-state index in [0.29, 0.717) is 17.9 Å². The number of carbonyl (C=O) groups is 2. The van der Waals surface area contributed by atoms with Crippen LogP contribution in [-0.4, -0.2) is 34.6 Å². The molecule has 0 bridgehead atoms. The second-order valence-corrected chi connectivity index (χ2v) is 4.88. The lowest BCUT2D eigenvalue weighted by Crippen LogP contribution is -2.37. The van der Waals surface area contributed by atoms with Crippen LogP contribution < -0.4 is 10.6 Å². The van der Waals surface area contributed by atoms with E-state index in [1.807, 2.05) is 13.8 Å². The summed E-state index contributed by atoms with van der Waals surface area (Å²) in [6.07, 6.45) is -0.0271. The Kier molecular flexibility index (Phi) is 5.07. The summed E-state index contributed by atoms with van der Waals surface area (Å²) in [4.78, 5) is 28.7. The zero-order valence-corrected chi connectivity index (χ0v) is 12.3. The molecule has 0 fully saturated rings. The summed E-state index contributed by atoms with van der Waals surface area (Å²) in [5, 5.41) is 8.92. The van der Waals surface area contributed by atoms with Gasteiger partial charge in [0.05, 0.1) is 12.0 Å². The molecule has 1 rings (SSSR count). The van der Waals surface area contributed by atoms with E-state index in [4.69, 9.17) is 10.8 Å². The summed E-state index contributed by atoms with van der Waals surface area (Å²) < 4.78 is 0. The Morgan fingerprint density at radius 1 is 1.45 bits per heavy atom. The lowest BCUT2D eigenvalue weighted by molar-refractivity contribution is -0.137. The highest BCUT2D eigenvalue weighted by Gasteiger charge is 2.23. The number of carbonyl (C=O) groups excluding carboxylic acids is 1. The van der Waals surface area contributed by atoms with Crippen LogP contribution in [0.1, 0.15) is 41.9 Å². The lowest BCUT2D eigenvalue weighted by Gasteiger charge is -2.30. The molecule has 0 radical (unpaired) electrons. The van der Waals surface area contributed by atoms with Gasteiger partial charge in [-0.1, -0.05) is 0 Å². The van der Waals surface area contributed by atoms with Crippen molar-refractivity contribution in [3.05, 3.63) is 22.9 Å². The number of hydrogen-bond acceptors (Lipinski definition) is 4. The van der Waals surface area contributed by atoms with Crippen LogP contribution in [0.3, 0.4) is 0 Å². The number of pyridine rings is 1. The van der Waals surface area contributed by atoms with Crippen molar-refractivity contribution < 1.29 is 14.7 Å². The van der Waals surface area contributed by atoms with Gasteiger partial charge in [0.25, 0.3) is 5.91 Å². The third-order valence-corrected chi connectivity index (χ3v) is 3.19. The van der Waals surface area contributed by atoms with Crippen molar-refractivity contribution in [3.8, 4) is 0 Å². The molecule has 0 aromatic carbocycles. The molecule has 6 heteroatoms. The number of carboxylic acid groups (broad SMARTS) is 1. The molecule has 6 nitrogen and oxygen atoms in total. The zero-order chi connectivity index (χ0) is 15.4. The molecule has 1 aromatic heterocycles. The van der Waals surface area contributed by atoms with Gasteiger partial charge in [-0.05, 0) is 39.3 Å². The topological polar surface area (TPSA) is 96.5 Å². The highest BCUT2D eigenvalue weighted by atomic mass is 16.4. The average Bonchev–Trinajstić information content (AvgIpc) is 2.26. The van der Waals surface area contributed by atoms with Gasteiger partial charge >= 0.3 is 5.97 Å². The summed E-state index contributed by atoms with van der Waals surface area (Å²) in [5.74, 6) is -0.974. The molecule has 0 aliphatic heterocycles. The van der Waals surface area contributed by atoms with E-state index in [0.717, 1.165) is 11.3 Å². The zero-order valence-electron chi connectivity index (χ0n) is 12.3. The molecule has 0 spiro atoms. The van der Waals surface area contributed by atoms with Gasteiger partial charge in [-0.2, -0.15) is 0 Å². The van der Waals surface area contributed by atoms with Crippen LogP contribution in [0.4, 0.5) is 5.82 Å². The van der Waals surface area contributed by atoms with Gasteiger partial charge in [-0.25, -0.2) is 4.98 Å². The first-order valence-corrected chi connectivity index (χ1v) is 6.54. The van der Waals surface area contributed by atoms with Gasteiger partial charge in [0.2, 0.25) is 0 Å². The van der Waals surface area contributed by atoms with Crippen molar-refractivity contribution in [2.24, 2.45) is 5.73 Å². The number of aromatic nitrogens is 1. The molecular formula is C14H21N3O3. The number of nitrogens with zero attached hydrogens (tertiary/aromatic N) is 2.